The molecule has 11 heteroatoms. The number of anilines is 1. The van der Waals surface area contributed by atoms with Gasteiger partial charge in [0.2, 0.25) is 5.43 Å². The van der Waals surface area contributed by atoms with Crippen LogP contribution in [0.3, 0.4) is 0 Å². The summed E-state index contributed by atoms with van der Waals surface area (Å²) in [6.07, 6.45) is 2.76. The molecule has 0 spiro atoms. The van der Waals surface area contributed by atoms with Gasteiger partial charge in [0.25, 0.3) is 5.91 Å². The van der Waals surface area contributed by atoms with Gasteiger partial charge in [-0.1, -0.05) is 30.3 Å². The Morgan fingerprint density at radius 2 is 1.72 bits per heavy atom. The Hall–Kier alpha value is -4.64. The molecule has 6 heterocycles. The molecular formula is C35H35FN4O6. The van der Waals surface area contributed by atoms with Gasteiger partial charge in [-0.3, -0.25) is 9.59 Å². The van der Waals surface area contributed by atoms with Crippen molar-refractivity contribution in [2.45, 2.75) is 51.3 Å². The quantitative estimate of drug-likeness (QED) is 0.257. The van der Waals surface area contributed by atoms with Crippen molar-refractivity contribution in [1.82, 2.24) is 14.4 Å². The fraction of sp³-hybridized carbons (Fsp3) is 0.400. The Balaban J connectivity index is 1.30. The molecule has 2 atom stereocenters. The number of aromatic nitrogens is 1. The van der Waals surface area contributed by atoms with Gasteiger partial charge in [-0.05, 0) is 51.1 Å². The molecule has 4 saturated heterocycles. The number of carbonyl (C=O) groups is 2. The van der Waals surface area contributed by atoms with E-state index in [1.54, 1.807) is 16.0 Å². The summed E-state index contributed by atoms with van der Waals surface area (Å²) in [6, 6.07) is 12.5. The number of nitrogens with zero attached hydrogens (tertiary/aromatic N) is 4. The summed E-state index contributed by atoms with van der Waals surface area (Å²) in [5.41, 5.74) is 0.148. The molecule has 4 fully saturated rings. The van der Waals surface area contributed by atoms with Gasteiger partial charge in [-0.2, -0.15) is 0 Å². The van der Waals surface area contributed by atoms with Gasteiger partial charge in [0.15, 0.2) is 17.3 Å². The molecule has 2 amide bonds. The van der Waals surface area contributed by atoms with Gasteiger partial charge < -0.3 is 33.5 Å². The van der Waals surface area contributed by atoms with E-state index in [0.29, 0.717) is 56.3 Å². The summed E-state index contributed by atoms with van der Waals surface area (Å²) in [5, 5.41) is 1.90. The van der Waals surface area contributed by atoms with E-state index in [1.807, 2.05) is 66.6 Å². The minimum absolute atomic E-state index is 0.0293. The largest absolute Gasteiger partial charge is 0.451 e. The lowest BCUT2D eigenvalue weighted by atomic mass is 9.90. The first kappa shape index (κ1) is 28.8. The van der Waals surface area contributed by atoms with E-state index in [-0.39, 0.29) is 40.6 Å². The maximum atomic E-state index is 16.5. The van der Waals surface area contributed by atoms with Gasteiger partial charge in [0.1, 0.15) is 22.4 Å². The van der Waals surface area contributed by atoms with Crippen molar-refractivity contribution >= 4 is 39.4 Å². The molecule has 0 N–H and O–H groups in total. The van der Waals surface area contributed by atoms with Crippen LogP contribution in [0.15, 0.2) is 53.5 Å². The number of piperidine rings is 2. The van der Waals surface area contributed by atoms with Crippen molar-refractivity contribution < 1.29 is 28.2 Å². The van der Waals surface area contributed by atoms with Gasteiger partial charge >= 0.3 is 6.09 Å². The number of halogens is 1. The SMILES string of the molecule is CC(C)(C)OC(=O)N1CC2CCC1CN2c1c(F)cc2c(=O)c(C(=O)N3CCOCC3)cn3c2c1Oc1ccc2ccccc2c1-3. The van der Waals surface area contributed by atoms with E-state index in [1.165, 1.54) is 6.07 Å². The van der Waals surface area contributed by atoms with Crippen molar-refractivity contribution in [3.63, 3.8) is 0 Å². The van der Waals surface area contributed by atoms with E-state index in [0.717, 1.165) is 23.6 Å². The first-order valence-electron chi connectivity index (χ1n) is 15.8. The Morgan fingerprint density at radius 3 is 2.46 bits per heavy atom. The highest BCUT2D eigenvalue weighted by Crippen LogP contribution is 2.50. The molecule has 46 heavy (non-hydrogen) atoms. The first-order valence-corrected chi connectivity index (χ1v) is 15.8. The zero-order valence-electron chi connectivity index (χ0n) is 26.0. The highest BCUT2D eigenvalue weighted by atomic mass is 19.1. The van der Waals surface area contributed by atoms with Crippen molar-refractivity contribution in [2.75, 3.05) is 44.3 Å². The minimum Gasteiger partial charge on any atom is -0.451 e. The predicted molar refractivity (Wildman–Crippen MR) is 171 cm³/mol. The van der Waals surface area contributed by atoms with Crippen molar-refractivity contribution in [2.24, 2.45) is 0 Å². The lowest BCUT2D eigenvalue weighted by molar-refractivity contribution is 0.000784. The normalized spacial score (nSPS) is 20.6. The second-order valence-electron chi connectivity index (χ2n) is 13.5. The van der Waals surface area contributed by atoms with Gasteiger partial charge in [0, 0.05) is 43.8 Å². The van der Waals surface area contributed by atoms with E-state index in [4.69, 9.17) is 14.2 Å². The van der Waals surface area contributed by atoms with Crippen LogP contribution in [0.5, 0.6) is 11.5 Å². The Morgan fingerprint density at radius 1 is 0.957 bits per heavy atom. The van der Waals surface area contributed by atoms with Crippen LogP contribution in [0.2, 0.25) is 0 Å². The van der Waals surface area contributed by atoms with Crippen LogP contribution in [-0.4, -0.2) is 83.4 Å². The Labute approximate surface area is 264 Å². The highest BCUT2D eigenvalue weighted by Gasteiger charge is 2.45. The molecule has 5 aliphatic heterocycles. The number of hydrogen-bond donors (Lipinski definition) is 0. The monoisotopic (exact) mass is 626 g/mol. The average Bonchev–Trinajstić information content (AvgIpc) is 3.05. The number of amides is 2. The van der Waals surface area contributed by atoms with E-state index in [9.17, 15) is 14.4 Å². The smallest absolute Gasteiger partial charge is 0.410 e. The number of rotatable bonds is 2. The molecule has 9 rings (SSSR count). The van der Waals surface area contributed by atoms with Crippen LogP contribution >= 0.6 is 0 Å². The third kappa shape index (κ3) is 4.51. The van der Waals surface area contributed by atoms with E-state index in [2.05, 4.69) is 0 Å². The summed E-state index contributed by atoms with van der Waals surface area (Å²) in [5.74, 6) is -0.293. The molecule has 238 valence electrons. The number of ether oxygens (including phenoxy) is 3. The highest BCUT2D eigenvalue weighted by molar-refractivity contribution is 6.04. The summed E-state index contributed by atoms with van der Waals surface area (Å²) in [6.45, 7) is 7.82. The maximum absolute atomic E-state index is 16.5. The minimum atomic E-state index is -0.626. The number of morpholine rings is 1. The number of fused-ring (bicyclic) bond motifs is 7. The van der Waals surface area contributed by atoms with E-state index >= 15 is 4.39 Å². The number of hydrogen-bond acceptors (Lipinski definition) is 7. The summed E-state index contributed by atoms with van der Waals surface area (Å²) in [7, 11) is 0. The Kier molecular flexibility index (Phi) is 6.54. The van der Waals surface area contributed by atoms with Gasteiger partial charge in [0.05, 0.1) is 30.3 Å². The molecule has 2 bridgehead atoms. The lowest BCUT2D eigenvalue weighted by Crippen LogP contribution is -2.64. The third-order valence-corrected chi connectivity index (χ3v) is 9.46. The molecule has 5 aliphatic rings. The summed E-state index contributed by atoms with van der Waals surface area (Å²) in [4.78, 5) is 46.2. The molecule has 0 saturated carbocycles. The molecule has 3 aromatic carbocycles. The number of carbonyl (C=O) groups excluding carboxylic acids is 2. The van der Waals surface area contributed by atoms with Crippen LogP contribution < -0.4 is 15.1 Å². The molecule has 1 aromatic heterocycles. The molecule has 2 unspecified atom stereocenters. The van der Waals surface area contributed by atoms with Crippen molar-refractivity contribution in [1.29, 1.82) is 0 Å². The standard InChI is InChI=1S/C35H35FN4O6/c1-35(2,3)46-34(43)39-18-21-9-10-22(39)17-38(21)30-26(36)16-24-29-32(30)45-27-11-8-20-6-4-5-7-23(20)28(27)40(29)19-25(31(24)41)33(42)37-12-14-44-15-13-37/h4-8,11,16,19,21-22H,9-10,12-15,17-18H2,1-3H3. The number of piperazine rings is 1. The van der Waals surface area contributed by atoms with Crippen LogP contribution in [0, 0.1) is 5.82 Å². The maximum Gasteiger partial charge on any atom is 0.410 e. The second kappa shape index (κ2) is 10.4. The van der Waals surface area contributed by atoms with Gasteiger partial charge in [-0.25, -0.2) is 9.18 Å². The molecular weight excluding hydrogens is 591 g/mol. The summed E-state index contributed by atoms with van der Waals surface area (Å²) >= 11 is 0. The topological polar surface area (TPSA) is 93.5 Å². The van der Waals surface area contributed by atoms with E-state index < -0.39 is 22.8 Å². The van der Waals surface area contributed by atoms with Crippen LogP contribution in [0.25, 0.3) is 27.4 Å². The average molecular weight is 627 g/mol. The number of benzene rings is 3. The predicted octanol–water partition coefficient (Wildman–Crippen LogP) is 5.45. The molecule has 10 nitrogen and oxygen atoms in total. The zero-order chi connectivity index (χ0) is 31.9. The Bertz CT molecular complexity index is 2000. The zero-order valence-corrected chi connectivity index (χ0v) is 26.0. The second-order valence-corrected chi connectivity index (χ2v) is 13.5. The van der Waals surface area contributed by atoms with Gasteiger partial charge in [-0.15, -0.1) is 0 Å². The molecule has 4 aromatic rings. The van der Waals surface area contributed by atoms with Crippen molar-refractivity contribution in [3.8, 4) is 17.2 Å². The van der Waals surface area contributed by atoms with Crippen LogP contribution in [0.4, 0.5) is 14.9 Å². The molecule has 0 aliphatic carbocycles. The third-order valence-electron chi connectivity index (χ3n) is 9.46. The fourth-order valence-corrected chi connectivity index (χ4v) is 7.37. The van der Waals surface area contributed by atoms with Crippen molar-refractivity contribution in [3.05, 3.63) is 70.3 Å². The van der Waals surface area contributed by atoms with Crippen LogP contribution in [0.1, 0.15) is 44.0 Å². The fourth-order valence-electron chi connectivity index (χ4n) is 7.37. The number of pyridine rings is 1. The first-order chi connectivity index (χ1) is 22.1. The molecule has 0 radical (unpaired) electrons. The van der Waals surface area contributed by atoms with Crippen LogP contribution in [-0.2, 0) is 9.47 Å². The summed E-state index contributed by atoms with van der Waals surface area (Å²) < 4.78 is 36.0. The lowest BCUT2D eigenvalue weighted by Gasteiger charge is -2.52.